The minimum Gasteiger partial charge on any atom is -0.359 e. The molecular formula is C21H22N4O3. The highest BCUT2D eigenvalue weighted by molar-refractivity contribution is 5.94. The van der Waals surface area contributed by atoms with E-state index in [1.54, 1.807) is 36.3 Å². The number of hydrogen-bond acceptors (Lipinski definition) is 5. The predicted molar refractivity (Wildman–Crippen MR) is 104 cm³/mol. The van der Waals surface area contributed by atoms with E-state index in [-0.39, 0.29) is 30.1 Å². The van der Waals surface area contributed by atoms with Crippen molar-refractivity contribution in [2.75, 3.05) is 7.05 Å². The van der Waals surface area contributed by atoms with E-state index in [0.29, 0.717) is 11.3 Å². The molecule has 0 aliphatic carbocycles. The summed E-state index contributed by atoms with van der Waals surface area (Å²) < 4.78 is 5.20. The lowest BCUT2D eigenvalue weighted by Gasteiger charge is -2.23. The lowest BCUT2D eigenvalue weighted by molar-refractivity contribution is 0.0728. The molecule has 0 bridgehead atoms. The second-order valence-corrected chi connectivity index (χ2v) is 6.58. The van der Waals surface area contributed by atoms with Crippen LogP contribution in [0.25, 0.3) is 0 Å². The van der Waals surface area contributed by atoms with Gasteiger partial charge in [0.05, 0.1) is 18.3 Å². The van der Waals surface area contributed by atoms with Crippen molar-refractivity contribution < 1.29 is 14.1 Å². The molecule has 1 N–H and O–H groups in total. The van der Waals surface area contributed by atoms with Gasteiger partial charge in [-0.1, -0.05) is 28.9 Å². The SMILES string of the molecule is Cc1cccc(C(=O)NCc2cc(C(=O)N(C)C(C)c3ccccn3)no2)c1. The highest BCUT2D eigenvalue weighted by Crippen LogP contribution is 2.18. The van der Waals surface area contributed by atoms with Crippen molar-refractivity contribution in [1.29, 1.82) is 0 Å². The zero-order valence-corrected chi connectivity index (χ0v) is 16.0. The average molecular weight is 378 g/mol. The molecule has 7 nitrogen and oxygen atoms in total. The number of benzene rings is 1. The van der Waals surface area contributed by atoms with Crippen LogP contribution in [0.1, 0.15) is 50.8 Å². The Labute approximate surface area is 163 Å². The van der Waals surface area contributed by atoms with Gasteiger partial charge >= 0.3 is 0 Å². The summed E-state index contributed by atoms with van der Waals surface area (Å²) in [6, 6.07) is 14.2. The van der Waals surface area contributed by atoms with E-state index in [1.165, 1.54) is 0 Å². The first-order chi connectivity index (χ1) is 13.5. The molecule has 1 aromatic carbocycles. The molecule has 7 heteroatoms. The standard InChI is InChI=1S/C21H22N4O3/c1-14-7-6-8-16(11-14)20(26)23-13-17-12-19(24-28-17)21(27)25(3)15(2)18-9-4-5-10-22-18/h4-12,15H,13H2,1-3H3,(H,23,26). The van der Waals surface area contributed by atoms with Gasteiger partial charge in [-0.25, -0.2) is 0 Å². The smallest absolute Gasteiger partial charge is 0.276 e. The van der Waals surface area contributed by atoms with Crippen molar-refractivity contribution in [1.82, 2.24) is 20.4 Å². The van der Waals surface area contributed by atoms with Crippen LogP contribution in [0.2, 0.25) is 0 Å². The monoisotopic (exact) mass is 378 g/mol. The van der Waals surface area contributed by atoms with Crippen LogP contribution in [0.3, 0.4) is 0 Å². The Hall–Kier alpha value is -3.48. The zero-order valence-electron chi connectivity index (χ0n) is 16.0. The Bertz CT molecular complexity index is 969. The second-order valence-electron chi connectivity index (χ2n) is 6.58. The van der Waals surface area contributed by atoms with Crippen molar-refractivity contribution in [2.45, 2.75) is 26.4 Å². The third-order valence-corrected chi connectivity index (χ3v) is 4.50. The Balaban J connectivity index is 1.61. The molecule has 0 aliphatic heterocycles. The third-order valence-electron chi connectivity index (χ3n) is 4.50. The van der Waals surface area contributed by atoms with Crippen LogP contribution in [-0.2, 0) is 6.54 Å². The molecule has 0 radical (unpaired) electrons. The van der Waals surface area contributed by atoms with Crippen LogP contribution in [-0.4, -0.2) is 33.9 Å². The number of rotatable bonds is 6. The largest absolute Gasteiger partial charge is 0.359 e. The minimum atomic E-state index is -0.279. The summed E-state index contributed by atoms with van der Waals surface area (Å²) in [5, 5.41) is 6.61. The van der Waals surface area contributed by atoms with E-state index in [0.717, 1.165) is 11.3 Å². The van der Waals surface area contributed by atoms with Crippen LogP contribution < -0.4 is 5.32 Å². The average Bonchev–Trinajstić information content (AvgIpc) is 3.20. The van der Waals surface area contributed by atoms with Crippen molar-refractivity contribution in [3.63, 3.8) is 0 Å². The first-order valence-corrected chi connectivity index (χ1v) is 8.94. The Morgan fingerprint density at radius 3 is 2.71 bits per heavy atom. The van der Waals surface area contributed by atoms with Gasteiger partial charge in [0.15, 0.2) is 11.5 Å². The molecule has 144 valence electrons. The summed E-state index contributed by atoms with van der Waals surface area (Å²) in [6.45, 7) is 3.96. The number of aromatic nitrogens is 2. The molecule has 2 aromatic heterocycles. The summed E-state index contributed by atoms with van der Waals surface area (Å²) in [4.78, 5) is 30.7. The normalized spacial score (nSPS) is 11.7. The molecule has 3 aromatic rings. The fourth-order valence-electron chi connectivity index (χ4n) is 2.73. The maximum atomic E-state index is 12.7. The number of pyridine rings is 1. The third kappa shape index (κ3) is 4.43. The first-order valence-electron chi connectivity index (χ1n) is 8.94. The van der Waals surface area contributed by atoms with Crippen LogP contribution in [0, 0.1) is 6.92 Å². The zero-order chi connectivity index (χ0) is 20.1. The number of nitrogens with zero attached hydrogens (tertiary/aromatic N) is 3. The quantitative estimate of drug-likeness (QED) is 0.712. The van der Waals surface area contributed by atoms with E-state index >= 15 is 0 Å². The van der Waals surface area contributed by atoms with E-state index in [9.17, 15) is 9.59 Å². The fraction of sp³-hybridized carbons (Fsp3) is 0.238. The van der Waals surface area contributed by atoms with Gasteiger partial charge in [0.2, 0.25) is 0 Å². The molecule has 0 fully saturated rings. The summed E-state index contributed by atoms with van der Waals surface area (Å²) in [5.74, 6) is -0.0877. The molecule has 2 heterocycles. The van der Waals surface area contributed by atoms with Crippen LogP contribution in [0.4, 0.5) is 0 Å². The molecule has 1 unspecified atom stereocenters. The molecule has 28 heavy (non-hydrogen) atoms. The highest BCUT2D eigenvalue weighted by Gasteiger charge is 2.23. The number of nitrogens with one attached hydrogen (secondary N) is 1. The molecule has 3 rings (SSSR count). The van der Waals surface area contributed by atoms with Gasteiger partial charge in [-0.2, -0.15) is 0 Å². The molecule has 1 atom stereocenters. The second kappa shape index (κ2) is 8.47. The number of amides is 2. The van der Waals surface area contributed by atoms with Gasteiger partial charge < -0.3 is 14.7 Å². The van der Waals surface area contributed by atoms with Gasteiger partial charge in [-0.3, -0.25) is 14.6 Å². The maximum absolute atomic E-state index is 12.7. The maximum Gasteiger partial charge on any atom is 0.276 e. The van der Waals surface area contributed by atoms with Crippen molar-refractivity contribution >= 4 is 11.8 Å². The van der Waals surface area contributed by atoms with Crippen LogP contribution in [0.15, 0.2) is 59.3 Å². The summed E-state index contributed by atoms with van der Waals surface area (Å²) >= 11 is 0. The fourth-order valence-corrected chi connectivity index (χ4v) is 2.73. The molecule has 0 saturated carbocycles. The van der Waals surface area contributed by atoms with Gasteiger partial charge in [-0.15, -0.1) is 0 Å². The van der Waals surface area contributed by atoms with Crippen LogP contribution >= 0.6 is 0 Å². The summed E-state index contributed by atoms with van der Waals surface area (Å²) in [6.07, 6.45) is 1.69. The van der Waals surface area contributed by atoms with Crippen molar-refractivity contribution in [3.8, 4) is 0 Å². The van der Waals surface area contributed by atoms with Crippen molar-refractivity contribution in [2.24, 2.45) is 0 Å². The number of carbonyl (C=O) groups is 2. The highest BCUT2D eigenvalue weighted by atomic mass is 16.5. The lowest BCUT2D eigenvalue weighted by atomic mass is 10.1. The van der Waals surface area contributed by atoms with E-state index in [1.807, 2.05) is 44.2 Å². The van der Waals surface area contributed by atoms with E-state index < -0.39 is 0 Å². The van der Waals surface area contributed by atoms with E-state index in [4.69, 9.17) is 4.52 Å². The summed E-state index contributed by atoms with van der Waals surface area (Å²) in [5.41, 5.74) is 2.54. The Kier molecular flexibility index (Phi) is 5.84. The van der Waals surface area contributed by atoms with Gasteiger partial charge in [-0.05, 0) is 38.1 Å². The van der Waals surface area contributed by atoms with E-state index in [2.05, 4.69) is 15.5 Å². The number of carbonyl (C=O) groups excluding carboxylic acids is 2. The topological polar surface area (TPSA) is 88.3 Å². The lowest BCUT2D eigenvalue weighted by Crippen LogP contribution is -2.30. The number of hydrogen-bond donors (Lipinski definition) is 1. The molecule has 0 spiro atoms. The Morgan fingerprint density at radius 1 is 1.18 bits per heavy atom. The van der Waals surface area contributed by atoms with Gasteiger partial charge in [0.25, 0.3) is 11.8 Å². The molecule has 0 aliphatic rings. The number of aryl methyl sites for hydroxylation is 1. The first kappa shape index (κ1) is 19.3. The molecule has 2 amide bonds. The molecular weight excluding hydrogens is 356 g/mol. The van der Waals surface area contributed by atoms with Gasteiger partial charge in [0, 0.05) is 24.9 Å². The molecule has 0 saturated heterocycles. The summed E-state index contributed by atoms with van der Waals surface area (Å²) in [7, 11) is 1.69. The van der Waals surface area contributed by atoms with Crippen molar-refractivity contribution in [3.05, 3.63) is 83.0 Å². The predicted octanol–water partition coefficient (Wildman–Crippen LogP) is 3.14. The van der Waals surface area contributed by atoms with Gasteiger partial charge in [0.1, 0.15) is 0 Å². The Morgan fingerprint density at radius 2 is 2.00 bits per heavy atom. The minimum absolute atomic E-state index is 0.145. The van der Waals surface area contributed by atoms with Crippen LogP contribution in [0.5, 0.6) is 0 Å².